The molecular weight excluding hydrogens is 228 g/mol. The third-order valence-electron chi connectivity index (χ3n) is 3.50. The second-order valence-corrected chi connectivity index (χ2v) is 5.11. The molecule has 0 spiro atoms. The maximum atomic E-state index is 11.0. The molecule has 0 bridgehead atoms. The molecule has 18 heavy (non-hydrogen) atoms. The molecule has 98 valence electrons. The summed E-state index contributed by atoms with van der Waals surface area (Å²) >= 11 is 0. The van der Waals surface area contributed by atoms with Crippen molar-refractivity contribution < 1.29 is 4.79 Å². The van der Waals surface area contributed by atoms with Gasteiger partial charge in [-0.2, -0.15) is 0 Å². The van der Waals surface area contributed by atoms with Crippen LogP contribution in [0.1, 0.15) is 49.5 Å². The lowest BCUT2D eigenvalue weighted by Gasteiger charge is -2.16. The topological polar surface area (TPSA) is 80.9 Å². The first kappa shape index (κ1) is 12.8. The Labute approximate surface area is 107 Å². The highest BCUT2D eigenvalue weighted by molar-refractivity contribution is 5.90. The molecule has 5 heteroatoms. The van der Waals surface area contributed by atoms with Gasteiger partial charge in [0.2, 0.25) is 0 Å². The lowest BCUT2D eigenvalue weighted by Crippen LogP contribution is -2.21. The molecule has 1 aromatic rings. The van der Waals surface area contributed by atoms with Crippen molar-refractivity contribution in [2.75, 3.05) is 5.32 Å². The molecular formula is C13H20N4O. The Balaban J connectivity index is 2.00. The third kappa shape index (κ3) is 3.42. The highest BCUT2D eigenvalue weighted by atomic mass is 16.1. The first-order valence-electron chi connectivity index (χ1n) is 6.53. The van der Waals surface area contributed by atoms with Crippen LogP contribution in [0.5, 0.6) is 0 Å². The van der Waals surface area contributed by atoms with Crippen molar-refractivity contribution in [3.05, 3.63) is 18.1 Å². The summed E-state index contributed by atoms with van der Waals surface area (Å²) < 4.78 is 0. The van der Waals surface area contributed by atoms with Crippen LogP contribution in [0.15, 0.2) is 12.4 Å². The summed E-state index contributed by atoms with van der Waals surface area (Å²) in [6.45, 7) is 2.30. The number of aromatic nitrogens is 2. The molecule has 0 aliphatic heterocycles. The molecule has 5 nitrogen and oxygen atoms in total. The minimum absolute atomic E-state index is 0.210. The number of rotatable bonds is 3. The van der Waals surface area contributed by atoms with Gasteiger partial charge in [0, 0.05) is 6.04 Å². The summed E-state index contributed by atoms with van der Waals surface area (Å²) in [6.07, 6.45) is 9.09. The van der Waals surface area contributed by atoms with E-state index < -0.39 is 5.91 Å². The number of anilines is 1. The van der Waals surface area contributed by atoms with Gasteiger partial charge in [-0.1, -0.05) is 19.8 Å². The van der Waals surface area contributed by atoms with Crippen LogP contribution in [0.2, 0.25) is 0 Å². The molecule has 1 fully saturated rings. The van der Waals surface area contributed by atoms with Crippen LogP contribution in [0.25, 0.3) is 0 Å². The maximum absolute atomic E-state index is 11.0. The highest BCUT2D eigenvalue weighted by Crippen LogP contribution is 2.24. The predicted octanol–water partition coefficient (Wildman–Crippen LogP) is 1.96. The predicted molar refractivity (Wildman–Crippen MR) is 70.2 cm³/mol. The van der Waals surface area contributed by atoms with Gasteiger partial charge >= 0.3 is 0 Å². The number of amides is 1. The zero-order valence-corrected chi connectivity index (χ0v) is 10.7. The number of carbonyl (C=O) groups excluding carboxylic acids is 1. The van der Waals surface area contributed by atoms with Crippen molar-refractivity contribution in [3.63, 3.8) is 0 Å². The van der Waals surface area contributed by atoms with E-state index in [1.807, 2.05) is 0 Å². The Morgan fingerprint density at radius 1 is 1.33 bits per heavy atom. The van der Waals surface area contributed by atoms with Crippen molar-refractivity contribution in [3.8, 4) is 0 Å². The molecule has 1 heterocycles. The van der Waals surface area contributed by atoms with Gasteiger partial charge in [0.15, 0.2) is 0 Å². The third-order valence-corrected chi connectivity index (χ3v) is 3.50. The van der Waals surface area contributed by atoms with E-state index in [0.29, 0.717) is 11.9 Å². The highest BCUT2D eigenvalue weighted by Gasteiger charge is 2.16. The Morgan fingerprint density at radius 3 is 2.94 bits per heavy atom. The largest absolute Gasteiger partial charge is 0.366 e. The molecule has 2 atom stereocenters. The summed E-state index contributed by atoms with van der Waals surface area (Å²) in [6, 6.07) is 0.423. The van der Waals surface area contributed by atoms with Gasteiger partial charge in [0.25, 0.3) is 5.91 Å². The van der Waals surface area contributed by atoms with Gasteiger partial charge in [-0.05, 0) is 25.2 Å². The molecule has 1 amide bonds. The van der Waals surface area contributed by atoms with Crippen molar-refractivity contribution in [2.24, 2.45) is 11.7 Å². The molecule has 2 rings (SSSR count). The molecule has 3 N–H and O–H groups in total. The number of carbonyl (C=O) groups is 1. The van der Waals surface area contributed by atoms with Crippen molar-refractivity contribution in [2.45, 2.75) is 45.1 Å². The Kier molecular flexibility index (Phi) is 4.12. The number of nitrogens with zero attached hydrogens (tertiary/aromatic N) is 2. The monoisotopic (exact) mass is 248 g/mol. The normalized spacial score (nSPS) is 24.3. The van der Waals surface area contributed by atoms with Crippen LogP contribution < -0.4 is 11.1 Å². The van der Waals surface area contributed by atoms with Crippen molar-refractivity contribution >= 4 is 11.7 Å². The van der Waals surface area contributed by atoms with E-state index in [4.69, 9.17) is 5.73 Å². The number of primary amides is 1. The van der Waals surface area contributed by atoms with Crippen LogP contribution in [0, 0.1) is 5.92 Å². The van der Waals surface area contributed by atoms with E-state index >= 15 is 0 Å². The maximum Gasteiger partial charge on any atom is 0.268 e. The van der Waals surface area contributed by atoms with Gasteiger partial charge < -0.3 is 11.1 Å². The Bertz CT molecular complexity index is 421. The lowest BCUT2D eigenvalue weighted by atomic mass is 10.0. The Hall–Kier alpha value is -1.65. The van der Waals surface area contributed by atoms with Gasteiger partial charge in [-0.25, -0.2) is 4.98 Å². The number of nitrogens with two attached hydrogens (primary N) is 1. The van der Waals surface area contributed by atoms with Crippen LogP contribution in [-0.2, 0) is 0 Å². The van der Waals surface area contributed by atoms with E-state index in [1.54, 1.807) is 6.20 Å². The first-order chi connectivity index (χ1) is 8.65. The molecule has 0 saturated heterocycles. The van der Waals surface area contributed by atoms with Crippen LogP contribution in [-0.4, -0.2) is 21.9 Å². The lowest BCUT2D eigenvalue weighted by molar-refractivity contribution is 0.0995. The van der Waals surface area contributed by atoms with Crippen molar-refractivity contribution in [1.82, 2.24) is 9.97 Å². The fourth-order valence-electron chi connectivity index (χ4n) is 2.39. The number of hydrogen-bond acceptors (Lipinski definition) is 4. The van der Waals surface area contributed by atoms with E-state index in [-0.39, 0.29) is 5.69 Å². The van der Waals surface area contributed by atoms with Gasteiger partial charge in [-0.3, -0.25) is 9.78 Å². The second-order valence-electron chi connectivity index (χ2n) is 5.11. The van der Waals surface area contributed by atoms with Crippen molar-refractivity contribution in [1.29, 1.82) is 0 Å². The van der Waals surface area contributed by atoms with E-state index in [9.17, 15) is 4.79 Å². The standard InChI is InChI=1S/C13H20N4O/c1-9-3-2-4-10(6-5-9)16-12-8-15-7-11(17-12)13(14)18/h7-10H,2-6H2,1H3,(H2,14,18)(H,16,17). The van der Waals surface area contributed by atoms with Gasteiger partial charge in [-0.15, -0.1) is 0 Å². The summed E-state index contributed by atoms with van der Waals surface area (Å²) in [5.74, 6) is 0.909. The average Bonchev–Trinajstić information content (AvgIpc) is 2.55. The minimum atomic E-state index is -0.541. The van der Waals surface area contributed by atoms with Crippen LogP contribution in [0.3, 0.4) is 0 Å². The van der Waals surface area contributed by atoms with Gasteiger partial charge in [0.05, 0.1) is 12.4 Å². The zero-order valence-electron chi connectivity index (χ0n) is 10.7. The van der Waals surface area contributed by atoms with Gasteiger partial charge in [0.1, 0.15) is 11.5 Å². The summed E-state index contributed by atoms with van der Waals surface area (Å²) in [4.78, 5) is 19.2. The van der Waals surface area contributed by atoms with Crippen LogP contribution in [0.4, 0.5) is 5.82 Å². The number of nitrogens with one attached hydrogen (secondary N) is 1. The molecule has 0 radical (unpaired) electrons. The fraction of sp³-hybridized carbons (Fsp3) is 0.615. The van der Waals surface area contributed by atoms with E-state index in [0.717, 1.165) is 18.8 Å². The summed E-state index contributed by atoms with van der Waals surface area (Å²) in [5, 5.41) is 3.36. The summed E-state index contributed by atoms with van der Waals surface area (Å²) in [5.41, 5.74) is 5.40. The SMILES string of the molecule is CC1CCCC(Nc2cncc(C(N)=O)n2)CC1. The quantitative estimate of drug-likeness (QED) is 0.801. The molecule has 1 aliphatic rings. The Morgan fingerprint density at radius 2 is 2.17 bits per heavy atom. The number of hydrogen-bond donors (Lipinski definition) is 2. The minimum Gasteiger partial charge on any atom is -0.366 e. The molecule has 1 aliphatic carbocycles. The average molecular weight is 248 g/mol. The summed E-state index contributed by atoms with van der Waals surface area (Å²) in [7, 11) is 0. The zero-order chi connectivity index (χ0) is 13.0. The molecule has 0 aromatic carbocycles. The van der Waals surface area contributed by atoms with E-state index in [1.165, 1.54) is 25.5 Å². The van der Waals surface area contributed by atoms with E-state index in [2.05, 4.69) is 22.2 Å². The molecule has 2 unspecified atom stereocenters. The second kappa shape index (κ2) is 5.80. The molecule has 1 aromatic heterocycles. The molecule has 1 saturated carbocycles. The first-order valence-corrected chi connectivity index (χ1v) is 6.53. The van der Waals surface area contributed by atoms with Crippen LogP contribution >= 0.6 is 0 Å². The smallest absolute Gasteiger partial charge is 0.268 e. The fourth-order valence-corrected chi connectivity index (χ4v) is 2.39.